The second-order valence-corrected chi connectivity index (χ2v) is 8.53. The van der Waals surface area contributed by atoms with Gasteiger partial charge in [-0.25, -0.2) is 4.98 Å². The molecule has 0 radical (unpaired) electrons. The summed E-state index contributed by atoms with van der Waals surface area (Å²) < 4.78 is 10.2. The van der Waals surface area contributed by atoms with Gasteiger partial charge in [0.25, 0.3) is 5.91 Å². The van der Waals surface area contributed by atoms with E-state index in [1.54, 1.807) is 0 Å². The molecule has 1 N–H and O–H groups in total. The van der Waals surface area contributed by atoms with Gasteiger partial charge in [0.15, 0.2) is 11.0 Å². The van der Waals surface area contributed by atoms with Gasteiger partial charge < -0.3 is 24.4 Å². The first-order chi connectivity index (χ1) is 15.8. The largest absolute Gasteiger partial charge is 0.378 e. The molecule has 2 aromatic heterocycles. The Hall–Kier alpha value is -3.02. The van der Waals surface area contributed by atoms with Crippen molar-refractivity contribution in [1.82, 2.24) is 20.0 Å². The highest BCUT2D eigenvalue weighted by Gasteiger charge is 2.22. The number of carbonyl (C=O) groups excluding carboxylic acids is 1. The van der Waals surface area contributed by atoms with Crippen LogP contribution >= 0.6 is 11.3 Å². The molecule has 0 atom stereocenters. The Labute approximate surface area is 189 Å². The van der Waals surface area contributed by atoms with Crippen LogP contribution < -0.4 is 15.1 Å². The first-order valence-corrected chi connectivity index (χ1v) is 11.6. The van der Waals surface area contributed by atoms with Crippen LogP contribution in [0, 0.1) is 0 Å². The van der Waals surface area contributed by atoms with Crippen molar-refractivity contribution in [2.24, 2.45) is 0 Å². The number of nitrogens with zero attached hydrogens (tertiary/aromatic N) is 6. The average molecular weight is 456 g/mol. The van der Waals surface area contributed by atoms with Crippen LogP contribution in [-0.2, 0) is 11.3 Å². The smallest absolute Gasteiger partial charge is 0.275 e. The van der Waals surface area contributed by atoms with Crippen LogP contribution in [0.15, 0.2) is 40.6 Å². The van der Waals surface area contributed by atoms with Crippen LogP contribution in [0.4, 0.5) is 16.5 Å². The van der Waals surface area contributed by atoms with Crippen LogP contribution in [0.25, 0.3) is 0 Å². The molecule has 4 heterocycles. The SMILES string of the molecule is O=C(Nc1ccccc1N1CCN(Cc2ncon2)CC1)c1csc(N2CCOCC2)n1. The third-order valence-electron chi connectivity index (χ3n) is 5.64. The summed E-state index contributed by atoms with van der Waals surface area (Å²) in [6.45, 7) is 7.13. The minimum Gasteiger partial charge on any atom is -0.378 e. The number of hydrogen-bond donors (Lipinski definition) is 1. The van der Waals surface area contributed by atoms with Crippen LogP contribution in [0.1, 0.15) is 16.3 Å². The molecule has 3 aromatic rings. The molecule has 1 amide bonds. The van der Waals surface area contributed by atoms with E-state index in [0.29, 0.717) is 31.3 Å². The Morgan fingerprint density at radius 1 is 1.06 bits per heavy atom. The summed E-state index contributed by atoms with van der Waals surface area (Å²) in [7, 11) is 0. The van der Waals surface area contributed by atoms with Crippen molar-refractivity contribution in [3.63, 3.8) is 0 Å². The van der Waals surface area contributed by atoms with E-state index in [0.717, 1.165) is 55.8 Å². The van der Waals surface area contributed by atoms with E-state index in [9.17, 15) is 4.79 Å². The van der Waals surface area contributed by atoms with E-state index in [2.05, 4.69) is 35.1 Å². The Bertz CT molecular complexity index is 1030. The molecule has 0 saturated carbocycles. The highest BCUT2D eigenvalue weighted by Crippen LogP contribution is 2.28. The first kappa shape index (κ1) is 20.9. The van der Waals surface area contributed by atoms with Gasteiger partial charge in [0.2, 0.25) is 6.39 Å². The monoisotopic (exact) mass is 455 g/mol. The van der Waals surface area contributed by atoms with E-state index in [1.807, 2.05) is 29.6 Å². The average Bonchev–Trinajstić information content (AvgIpc) is 3.53. The number of ether oxygens (including phenoxy) is 1. The molecule has 10 nitrogen and oxygen atoms in total. The number of morpholine rings is 1. The van der Waals surface area contributed by atoms with Crippen LogP contribution in [0.2, 0.25) is 0 Å². The number of benzene rings is 1. The Kier molecular flexibility index (Phi) is 6.28. The van der Waals surface area contributed by atoms with Gasteiger partial charge in [-0.05, 0) is 12.1 Å². The maximum absolute atomic E-state index is 12.9. The molecule has 168 valence electrons. The van der Waals surface area contributed by atoms with Gasteiger partial charge in [-0.15, -0.1) is 11.3 Å². The Balaban J connectivity index is 1.22. The van der Waals surface area contributed by atoms with Crippen molar-refractivity contribution in [3.05, 3.63) is 47.6 Å². The molecule has 2 fully saturated rings. The van der Waals surface area contributed by atoms with Gasteiger partial charge in [0.05, 0.1) is 31.1 Å². The number of piperazine rings is 1. The van der Waals surface area contributed by atoms with E-state index in [4.69, 9.17) is 9.26 Å². The summed E-state index contributed by atoms with van der Waals surface area (Å²) >= 11 is 1.49. The van der Waals surface area contributed by atoms with Crippen molar-refractivity contribution in [3.8, 4) is 0 Å². The zero-order chi connectivity index (χ0) is 21.8. The van der Waals surface area contributed by atoms with Crippen molar-refractivity contribution in [2.75, 3.05) is 67.6 Å². The summed E-state index contributed by atoms with van der Waals surface area (Å²) in [5, 5.41) is 9.64. The van der Waals surface area contributed by atoms with E-state index < -0.39 is 0 Å². The van der Waals surface area contributed by atoms with Gasteiger partial charge >= 0.3 is 0 Å². The lowest BCUT2D eigenvalue weighted by Crippen LogP contribution is -2.46. The molecule has 2 aliphatic heterocycles. The fourth-order valence-corrected chi connectivity index (χ4v) is 4.78. The minimum atomic E-state index is -0.191. The van der Waals surface area contributed by atoms with Gasteiger partial charge in [-0.1, -0.05) is 17.3 Å². The summed E-state index contributed by atoms with van der Waals surface area (Å²) in [6, 6.07) is 7.92. The quantitative estimate of drug-likeness (QED) is 0.598. The maximum Gasteiger partial charge on any atom is 0.275 e. The van der Waals surface area contributed by atoms with Crippen molar-refractivity contribution >= 4 is 33.8 Å². The van der Waals surface area contributed by atoms with Gasteiger partial charge in [0, 0.05) is 44.6 Å². The number of nitrogens with one attached hydrogen (secondary N) is 1. The van der Waals surface area contributed by atoms with Gasteiger partial charge in [0.1, 0.15) is 5.69 Å². The summed E-state index contributed by atoms with van der Waals surface area (Å²) in [4.78, 5) is 28.3. The standard InChI is InChI=1S/C21H25N7O3S/c29-20(17-14-32-21(24-17)28-9-11-30-12-10-28)23-16-3-1-2-4-18(16)27-7-5-26(6-8-27)13-19-22-15-31-25-19/h1-4,14-15H,5-13H2,(H,23,29). The fraction of sp³-hybridized carbons (Fsp3) is 0.429. The lowest BCUT2D eigenvalue weighted by atomic mass is 10.2. The van der Waals surface area contributed by atoms with Crippen LogP contribution in [-0.4, -0.2) is 78.4 Å². The molecule has 11 heteroatoms. The molecule has 0 aliphatic carbocycles. The predicted octanol–water partition coefficient (Wildman–Crippen LogP) is 1.94. The fourth-order valence-electron chi connectivity index (χ4n) is 3.92. The molecule has 0 spiro atoms. The summed E-state index contributed by atoms with van der Waals surface area (Å²) in [6.07, 6.45) is 1.36. The number of thiazole rings is 1. The number of aromatic nitrogens is 3. The van der Waals surface area contributed by atoms with Crippen LogP contribution in [0.5, 0.6) is 0 Å². The minimum absolute atomic E-state index is 0.191. The van der Waals surface area contributed by atoms with E-state index >= 15 is 0 Å². The molecule has 5 rings (SSSR count). The molecule has 1 aromatic carbocycles. The second-order valence-electron chi connectivity index (χ2n) is 7.70. The first-order valence-electron chi connectivity index (χ1n) is 10.7. The molecule has 32 heavy (non-hydrogen) atoms. The second kappa shape index (κ2) is 9.63. The zero-order valence-electron chi connectivity index (χ0n) is 17.6. The number of rotatable bonds is 6. The van der Waals surface area contributed by atoms with E-state index in [-0.39, 0.29) is 5.91 Å². The van der Waals surface area contributed by atoms with Gasteiger partial charge in [-0.3, -0.25) is 9.69 Å². The Morgan fingerprint density at radius 2 is 1.88 bits per heavy atom. The lowest BCUT2D eigenvalue weighted by Gasteiger charge is -2.36. The number of anilines is 3. The normalized spacial score (nSPS) is 17.5. The predicted molar refractivity (Wildman–Crippen MR) is 121 cm³/mol. The van der Waals surface area contributed by atoms with Crippen LogP contribution in [0.3, 0.4) is 0 Å². The number of carbonyl (C=O) groups is 1. The topological polar surface area (TPSA) is 99.9 Å². The molecular formula is C21H25N7O3S. The lowest BCUT2D eigenvalue weighted by molar-refractivity contribution is 0.102. The van der Waals surface area contributed by atoms with Crippen molar-refractivity contribution in [1.29, 1.82) is 0 Å². The molecule has 0 bridgehead atoms. The zero-order valence-corrected chi connectivity index (χ0v) is 18.5. The third kappa shape index (κ3) is 4.74. The molecule has 0 unspecified atom stereocenters. The van der Waals surface area contributed by atoms with Crippen molar-refractivity contribution < 1.29 is 14.1 Å². The highest BCUT2D eigenvalue weighted by molar-refractivity contribution is 7.14. The summed E-state index contributed by atoms with van der Waals surface area (Å²) in [5.74, 6) is 0.509. The van der Waals surface area contributed by atoms with Crippen molar-refractivity contribution in [2.45, 2.75) is 6.54 Å². The Morgan fingerprint density at radius 3 is 2.66 bits per heavy atom. The third-order valence-corrected chi connectivity index (χ3v) is 6.54. The van der Waals surface area contributed by atoms with Gasteiger partial charge in [-0.2, -0.15) is 4.98 Å². The molecule has 2 saturated heterocycles. The number of hydrogen-bond acceptors (Lipinski definition) is 10. The number of para-hydroxylation sites is 2. The molecule has 2 aliphatic rings. The highest BCUT2D eigenvalue weighted by atomic mass is 32.1. The summed E-state index contributed by atoms with van der Waals surface area (Å²) in [5.41, 5.74) is 2.25. The number of amides is 1. The van der Waals surface area contributed by atoms with E-state index in [1.165, 1.54) is 17.7 Å². The maximum atomic E-state index is 12.9. The molecular weight excluding hydrogens is 430 g/mol.